The van der Waals surface area contributed by atoms with Gasteiger partial charge in [0.15, 0.2) is 0 Å². The number of hydrogen-bond acceptors (Lipinski definition) is 0. The average molecular weight is 222 g/mol. The lowest BCUT2D eigenvalue weighted by atomic mass is 9.96. The minimum absolute atomic E-state index is 0. The van der Waals surface area contributed by atoms with Crippen LogP contribution in [-0.2, 0) is 12.8 Å². The van der Waals surface area contributed by atoms with E-state index >= 15 is 0 Å². The maximum absolute atomic E-state index is 4.26. The molecule has 2 aromatic carbocycles. The highest BCUT2D eigenvalue weighted by atomic mass is 14.2. The second-order valence-corrected chi connectivity index (χ2v) is 4.29. The lowest BCUT2D eigenvalue weighted by molar-refractivity contribution is 0.965. The number of fused-ring (bicyclic) bond motifs is 2. The molecule has 0 heteroatoms. The maximum atomic E-state index is 4.26. The highest BCUT2D eigenvalue weighted by Gasteiger charge is 2.14. The summed E-state index contributed by atoms with van der Waals surface area (Å²) in [6.45, 7) is 4.26. The van der Waals surface area contributed by atoms with E-state index in [-0.39, 0.29) is 7.43 Å². The van der Waals surface area contributed by atoms with Crippen molar-refractivity contribution in [2.45, 2.75) is 20.3 Å². The third kappa shape index (κ3) is 1.91. The predicted molar refractivity (Wildman–Crippen MR) is 75.2 cm³/mol. The molecular weight excluding hydrogens is 204 g/mol. The Hall–Kier alpha value is -1.82. The molecule has 0 atom stereocenters. The van der Waals surface area contributed by atoms with Gasteiger partial charge in [0.05, 0.1) is 0 Å². The smallest absolute Gasteiger partial charge is 0.0152 e. The molecule has 2 aromatic rings. The van der Waals surface area contributed by atoms with Crippen LogP contribution in [0.5, 0.6) is 0 Å². The van der Waals surface area contributed by atoms with E-state index in [2.05, 4.69) is 55.1 Å². The van der Waals surface area contributed by atoms with Crippen LogP contribution in [0.1, 0.15) is 29.7 Å². The molecule has 0 unspecified atom stereocenters. The topological polar surface area (TPSA) is 0 Å². The molecule has 0 spiro atoms. The Morgan fingerprint density at radius 3 is 1.59 bits per heavy atom. The lowest BCUT2D eigenvalue weighted by Gasteiger charge is -2.08. The van der Waals surface area contributed by atoms with E-state index < -0.39 is 0 Å². The Kier molecular flexibility index (Phi) is 3.14. The van der Waals surface area contributed by atoms with Crippen molar-refractivity contribution in [3.63, 3.8) is 0 Å². The van der Waals surface area contributed by atoms with Crippen LogP contribution in [0.2, 0.25) is 0 Å². The summed E-state index contributed by atoms with van der Waals surface area (Å²) in [4.78, 5) is 0. The molecule has 0 fully saturated rings. The van der Waals surface area contributed by atoms with Crippen LogP contribution in [0, 0.1) is 0 Å². The van der Waals surface area contributed by atoms with E-state index in [0.29, 0.717) is 0 Å². The SMILES string of the molecule is C.C=C1c2ccccc2CCc2ccccc21. The van der Waals surface area contributed by atoms with Gasteiger partial charge in [-0.3, -0.25) is 0 Å². The summed E-state index contributed by atoms with van der Waals surface area (Å²) >= 11 is 0. The Balaban J connectivity index is 0.00000108. The Morgan fingerprint density at radius 1 is 0.706 bits per heavy atom. The van der Waals surface area contributed by atoms with Crippen molar-refractivity contribution >= 4 is 5.57 Å². The zero-order valence-corrected chi connectivity index (χ0v) is 9.24. The predicted octanol–water partition coefficient (Wildman–Crippen LogP) is 4.48. The van der Waals surface area contributed by atoms with Crippen molar-refractivity contribution in [2.24, 2.45) is 0 Å². The van der Waals surface area contributed by atoms with Crippen LogP contribution < -0.4 is 0 Å². The third-order valence-electron chi connectivity index (χ3n) is 3.35. The zero-order chi connectivity index (χ0) is 11.0. The number of rotatable bonds is 0. The highest BCUT2D eigenvalue weighted by molar-refractivity contribution is 5.82. The summed E-state index contributed by atoms with van der Waals surface area (Å²) < 4.78 is 0. The van der Waals surface area contributed by atoms with Crippen molar-refractivity contribution in [1.29, 1.82) is 0 Å². The molecule has 0 radical (unpaired) electrons. The van der Waals surface area contributed by atoms with E-state index in [0.717, 1.165) is 12.8 Å². The Labute approximate surface area is 104 Å². The van der Waals surface area contributed by atoms with E-state index in [1.807, 2.05) is 0 Å². The van der Waals surface area contributed by atoms with Crippen LogP contribution in [-0.4, -0.2) is 0 Å². The quantitative estimate of drug-likeness (QED) is 0.616. The van der Waals surface area contributed by atoms with Gasteiger partial charge in [-0.1, -0.05) is 62.5 Å². The van der Waals surface area contributed by atoms with Crippen LogP contribution in [0.3, 0.4) is 0 Å². The summed E-state index contributed by atoms with van der Waals surface area (Å²) in [7, 11) is 0. The molecule has 17 heavy (non-hydrogen) atoms. The standard InChI is InChI=1S/C16H14.CH4/c1-12-15-8-4-2-6-13(15)10-11-14-7-3-5-9-16(12)14;/h2-9H,1,10-11H2;1H4. The van der Waals surface area contributed by atoms with Gasteiger partial charge in [-0.15, -0.1) is 0 Å². The van der Waals surface area contributed by atoms with Gasteiger partial charge >= 0.3 is 0 Å². The molecule has 0 N–H and O–H groups in total. The fourth-order valence-corrected chi connectivity index (χ4v) is 2.48. The first-order chi connectivity index (χ1) is 7.86. The highest BCUT2D eigenvalue weighted by Crippen LogP contribution is 2.31. The molecule has 0 aliphatic heterocycles. The van der Waals surface area contributed by atoms with Crippen molar-refractivity contribution in [2.75, 3.05) is 0 Å². The minimum Gasteiger partial charge on any atom is -0.0905 e. The molecule has 0 bridgehead atoms. The first kappa shape index (κ1) is 11.7. The van der Waals surface area contributed by atoms with Crippen LogP contribution in [0.15, 0.2) is 55.1 Å². The summed E-state index contributed by atoms with van der Waals surface area (Å²) in [5, 5.41) is 0. The van der Waals surface area contributed by atoms with Crippen LogP contribution >= 0.6 is 0 Å². The fraction of sp³-hybridized carbons (Fsp3) is 0.176. The van der Waals surface area contributed by atoms with Crippen molar-refractivity contribution in [3.05, 3.63) is 77.4 Å². The molecule has 1 aliphatic rings. The number of benzene rings is 2. The molecule has 0 amide bonds. The zero-order valence-electron chi connectivity index (χ0n) is 9.24. The van der Waals surface area contributed by atoms with E-state index in [9.17, 15) is 0 Å². The van der Waals surface area contributed by atoms with Gasteiger partial charge in [0, 0.05) is 0 Å². The Bertz CT molecular complexity index is 500. The van der Waals surface area contributed by atoms with Crippen LogP contribution in [0.25, 0.3) is 5.57 Å². The molecule has 3 rings (SSSR count). The molecular formula is C17H18. The van der Waals surface area contributed by atoms with Gasteiger partial charge in [-0.05, 0) is 40.7 Å². The van der Waals surface area contributed by atoms with Gasteiger partial charge in [0.25, 0.3) is 0 Å². The normalized spacial score (nSPS) is 13.1. The van der Waals surface area contributed by atoms with Gasteiger partial charge in [0.2, 0.25) is 0 Å². The van der Waals surface area contributed by atoms with E-state index in [1.54, 1.807) is 0 Å². The van der Waals surface area contributed by atoms with E-state index in [4.69, 9.17) is 0 Å². The van der Waals surface area contributed by atoms with Crippen molar-refractivity contribution in [1.82, 2.24) is 0 Å². The maximum Gasteiger partial charge on any atom is -0.0152 e. The summed E-state index contributed by atoms with van der Waals surface area (Å²) in [5.41, 5.74) is 6.64. The van der Waals surface area contributed by atoms with Crippen molar-refractivity contribution < 1.29 is 0 Å². The largest absolute Gasteiger partial charge is 0.0905 e. The third-order valence-corrected chi connectivity index (χ3v) is 3.35. The summed E-state index contributed by atoms with van der Waals surface area (Å²) in [5.74, 6) is 0. The molecule has 0 heterocycles. The second-order valence-electron chi connectivity index (χ2n) is 4.29. The van der Waals surface area contributed by atoms with Crippen molar-refractivity contribution in [3.8, 4) is 0 Å². The summed E-state index contributed by atoms with van der Waals surface area (Å²) in [6.07, 6.45) is 2.23. The van der Waals surface area contributed by atoms with Gasteiger partial charge in [-0.2, -0.15) is 0 Å². The first-order valence-electron chi connectivity index (χ1n) is 5.72. The molecule has 0 saturated carbocycles. The van der Waals surface area contributed by atoms with E-state index in [1.165, 1.54) is 27.8 Å². The minimum atomic E-state index is 0. The number of aryl methyl sites for hydroxylation is 2. The van der Waals surface area contributed by atoms with Gasteiger partial charge in [0.1, 0.15) is 0 Å². The first-order valence-corrected chi connectivity index (χ1v) is 5.72. The molecule has 86 valence electrons. The molecule has 0 saturated heterocycles. The monoisotopic (exact) mass is 222 g/mol. The number of hydrogen-bond donors (Lipinski definition) is 0. The second kappa shape index (κ2) is 4.58. The van der Waals surface area contributed by atoms with Gasteiger partial charge < -0.3 is 0 Å². The Morgan fingerprint density at radius 2 is 1.12 bits per heavy atom. The van der Waals surface area contributed by atoms with Crippen LogP contribution in [0.4, 0.5) is 0 Å². The molecule has 0 aromatic heterocycles. The molecule has 0 nitrogen and oxygen atoms in total. The fourth-order valence-electron chi connectivity index (χ4n) is 2.48. The summed E-state index contributed by atoms with van der Waals surface area (Å²) in [6, 6.07) is 17.2. The lowest BCUT2D eigenvalue weighted by Crippen LogP contribution is -1.90. The van der Waals surface area contributed by atoms with Gasteiger partial charge in [-0.25, -0.2) is 0 Å². The average Bonchev–Trinajstić information content (AvgIpc) is 2.49. The molecule has 1 aliphatic carbocycles.